The van der Waals surface area contributed by atoms with Crippen LogP contribution < -0.4 is 10.9 Å². The van der Waals surface area contributed by atoms with E-state index in [9.17, 15) is 19.2 Å². The van der Waals surface area contributed by atoms with Gasteiger partial charge in [-0.05, 0) is 25.0 Å². The molecule has 9 heteroatoms. The quantitative estimate of drug-likeness (QED) is 0.835. The van der Waals surface area contributed by atoms with Gasteiger partial charge < -0.3 is 5.32 Å². The SMILES string of the molecule is O=C(Cn1cnc2ccccc2c1=O)NC1CCCCC1N1C(=O)CSC1=O. The van der Waals surface area contributed by atoms with Crippen LogP contribution >= 0.6 is 11.8 Å². The van der Waals surface area contributed by atoms with E-state index in [0.29, 0.717) is 23.7 Å². The maximum absolute atomic E-state index is 12.6. The predicted molar refractivity (Wildman–Crippen MR) is 105 cm³/mol. The molecule has 1 aliphatic carbocycles. The normalized spacial score (nSPS) is 22.6. The minimum atomic E-state index is -0.331. The first-order chi connectivity index (χ1) is 13.5. The highest BCUT2D eigenvalue weighted by molar-refractivity contribution is 8.14. The molecule has 2 unspecified atom stereocenters. The lowest BCUT2D eigenvalue weighted by atomic mass is 9.89. The number of para-hydroxylation sites is 1. The van der Waals surface area contributed by atoms with Gasteiger partial charge in [0.1, 0.15) is 6.54 Å². The molecule has 1 aromatic carbocycles. The van der Waals surface area contributed by atoms with Crippen LogP contribution in [0.1, 0.15) is 25.7 Å². The molecule has 2 heterocycles. The van der Waals surface area contributed by atoms with Crippen molar-refractivity contribution in [1.29, 1.82) is 0 Å². The first-order valence-corrected chi connectivity index (χ1v) is 10.3. The summed E-state index contributed by atoms with van der Waals surface area (Å²) in [4.78, 5) is 54.9. The molecule has 0 radical (unpaired) electrons. The first-order valence-electron chi connectivity index (χ1n) is 9.27. The summed E-state index contributed by atoms with van der Waals surface area (Å²) < 4.78 is 1.28. The van der Waals surface area contributed by atoms with Crippen molar-refractivity contribution in [3.05, 3.63) is 40.9 Å². The number of rotatable bonds is 4. The lowest BCUT2D eigenvalue weighted by Crippen LogP contribution is -2.55. The molecule has 146 valence electrons. The average molecular weight is 400 g/mol. The number of aromatic nitrogens is 2. The molecule has 1 aliphatic heterocycles. The Labute approximate surface area is 165 Å². The van der Waals surface area contributed by atoms with Gasteiger partial charge in [-0.25, -0.2) is 4.98 Å². The van der Waals surface area contributed by atoms with Crippen LogP contribution in [0.3, 0.4) is 0 Å². The molecule has 4 rings (SSSR count). The molecule has 8 nitrogen and oxygen atoms in total. The van der Waals surface area contributed by atoms with E-state index in [1.165, 1.54) is 15.8 Å². The zero-order valence-corrected chi connectivity index (χ0v) is 16.0. The number of fused-ring (bicyclic) bond motifs is 1. The Bertz CT molecular complexity index is 989. The van der Waals surface area contributed by atoms with Crippen molar-refractivity contribution in [2.24, 2.45) is 0 Å². The molecule has 2 aliphatic rings. The molecule has 1 N–H and O–H groups in total. The van der Waals surface area contributed by atoms with Gasteiger partial charge in [-0.3, -0.25) is 28.6 Å². The molecule has 3 amide bonds. The molecule has 2 aromatic rings. The third kappa shape index (κ3) is 3.54. The van der Waals surface area contributed by atoms with Crippen LogP contribution in [0, 0.1) is 0 Å². The number of nitrogens with zero attached hydrogens (tertiary/aromatic N) is 3. The molecule has 28 heavy (non-hydrogen) atoms. The van der Waals surface area contributed by atoms with E-state index in [1.54, 1.807) is 24.3 Å². The lowest BCUT2D eigenvalue weighted by molar-refractivity contribution is -0.129. The maximum atomic E-state index is 12.6. The van der Waals surface area contributed by atoms with E-state index >= 15 is 0 Å². The van der Waals surface area contributed by atoms with Crippen molar-refractivity contribution in [2.45, 2.75) is 44.3 Å². The lowest BCUT2D eigenvalue weighted by Gasteiger charge is -2.36. The fourth-order valence-electron chi connectivity index (χ4n) is 3.90. The molecule has 0 spiro atoms. The van der Waals surface area contributed by atoms with Gasteiger partial charge in [-0.2, -0.15) is 0 Å². The maximum Gasteiger partial charge on any atom is 0.289 e. The van der Waals surface area contributed by atoms with Crippen molar-refractivity contribution in [2.75, 3.05) is 5.75 Å². The summed E-state index contributed by atoms with van der Waals surface area (Å²) in [5, 5.41) is 3.14. The van der Waals surface area contributed by atoms with Gasteiger partial charge in [0.15, 0.2) is 0 Å². The first kappa shape index (κ1) is 18.7. The van der Waals surface area contributed by atoms with Gasteiger partial charge in [0.25, 0.3) is 10.8 Å². The molecular formula is C19H20N4O4S. The fraction of sp³-hybridized carbons (Fsp3) is 0.421. The Morgan fingerprint density at radius 2 is 1.96 bits per heavy atom. The number of amides is 3. The largest absolute Gasteiger partial charge is 0.350 e. The number of nitrogens with one attached hydrogen (secondary N) is 1. The summed E-state index contributed by atoms with van der Waals surface area (Å²) in [5.41, 5.74) is 0.308. The van der Waals surface area contributed by atoms with Crippen molar-refractivity contribution in [3.8, 4) is 0 Å². The van der Waals surface area contributed by atoms with Crippen molar-refractivity contribution in [1.82, 2.24) is 19.8 Å². The van der Waals surface area contributed by atoms with E-state index in [4.69, 9.17) is 0 Å². The molecule has 2 atom stereocenters. The van der Waals surface area contributed by atoms with Crippen LogP contribution in [-0.2, 0) is 16.1 Å². The third-order valence-corrected chi connectivity index (χ3v) is 6.07. The van der Waals surface area contributed by atoms with Gasteiger partial charge in [0.05, 0.1) is 29.0 Å². The van der Waals surface area contributed by atoms with Crippen LogP contribution in [0.4, 0.5) is 4.79 Å². The number of carbonyl (C=O) groups excluding carboxylic acids is 3. The van der Waals surface area contributed by atoms with Crippen LogP contribution in [0.25, 0.3) is 10.9 Å². The predicted octanol–water partition coefficient (Wildman–Crippen LogP) is 1.52. The number of imide groups is 1. The number of thioether (sulfide) groups is 1. The fourth-order valence-corrected chi connectivity index (χ4v) is 4.66. The second-order valence-electron chi connectivity index (χ2n) is 7.04. The second-order valence-corrected chi connectivity index (χ2v) is 7.97. The van der Waals surface area contributed by atoms with Crippen LogP contribution in [-0.4, -0.2) is 49.3 Å². The zero-order valence-electron chi connectivity index (χ0n) is 15.2. The van der Waals surface area contributed by atoms with Crippen molar-refractivity contribution >= 4 is 39.7 Å². The standard InChI is InChI=1S/C19H20N4O4S/c24-16(9-22-11-20-13-6-2-1-5-12(13)18(22)26)21-14-7-3-4-8-15(14)23-17(25)10-28-19(23)27/h1-2,5-6,11,14-15H,3-4,7-10H2,(H,21,24). The van der Waals surface area contributed by atoms with Gasteiger partial charge >= 0.3 is 0 Å². The Kier molecular flexibility index (Phi) is 5.17. The summed E-state index contributed by atoms with van der Waals surface area (Å²) in [5.74, 6) is -0.368. The summed E-state index contributed by atoms with van der Waals surface area (Å²) in [7, 11) is 0. The van der Waals surface area contributed by atoms with Gasteiger partial charge in [-0.1, -0.05) is 36.7 Å². The Morgan fingerprint density at radius 1 is 1.18 bits per heavy atom. The highest BCUT2D eigenvalue weighted by Gasteiger charge is 2.41. The second kappa shape index (κ2) is 7.75. The Balaban J connectivity index is 1.49. The number of hydrogen-bond acceptors (Lipinski definition) is 6. The summed E-state index contributed by atoms with van der Waals surface area (Å²) in [6, 6.07) is 6.36. The topological polar surface area (TPSA) is 101 Å². The van der Waals surface area contributed by atoms with Crippen molar-refractivity contribution < 1.29 is 14.4 Å². The van der Waals surface area contributed by atoms with Crippen LogP contribution in [0.15, 0.2) is 35.4 Å². The van der Waals surface area contributed by atoms with E-state index in [-0.39, 0.29) is 47.0 Å². The monoisotopic (exact) mass is 400 g/mol. The highest BCUT2D eigenvalue weighted by Crippen LogP contribution is 2.30. The van der Waals surface area contributed by atoms with Gasteiger partial charge in [0.2, 0.25) is 11.8 Å². The van der Waals surface area contributed by atoms with E-state index in [2.05, 4.69) is 10.3 Å². The molecular weight excluding hydrogens is 380 g/mol. The number of hydrogen-bond donors (Lipinski definition) is 1. The molecule has 1 saturated heterocycles. The minimum absolute atomic E-state index is 0.156. The van der Waals surface area contributed by atoms with Gasteiger partial charge in [0, 0.05) is 6.04 Å². The molecule has 1 saturated carbocycles. The summed E-state index contributed by atoms with van der Waals surface area (Å²) >= 11 is 1.00. The zero-order chi connectivity index (χ0) is 19.7. The van der Waals surface area contributed by atoms with Crippen LogP contribution in [0.2, 0.25) is 0 Å². The van der Waals surface area contributed by atoms with E-state index in [1.807, 2.05) is 0 Å². The average Bonchev–Trinajstić information content (AvgIpc) is 3.03. The van der Waals surface area contributed by atoms with E-state index in [0.717, 1.165) is 24.6 Å². The van der Waals surface area contributed by atoms with Crippen LogP contribution in [0.5, 0.6) is 0 Å². The number of carbonyl (C=O) groups is 3. The van der Waals surface area contributed by atoms with E-state index < -0.39 is 0 Å². The highest BCUT2D eigenvalue weighted by atomic mass is 32.2. The smallest absolute Gasteiger partial charge is 0.289 e. The number of benzene rings is 1. The Hall–Kier alpha value is -2.68. The van der Waals surface area contributed by atoms with Gasteiger partial charge in [-0.15, -0.1) is 0 Å². The third-order valence-electron chi connectivity index (χ3n) is 5.24. The molecule has 1 aromatic heterocycles. The Morgan fingerprint density at radius 3 is 2.75 bits per heavy atom. The van der Waals surface area contributed by atoms with Crippen molar-refractivity contribution in [3.63, 3.8) is 0 Å². The molecule has 2 fully saturated rings. The summed E-state index contributed by atoms with van der Waals surface area (Å²) in [6.45, 7) is -0.156. The molecule has 0 bridgehead atoms. The summed E-state index contributed by atoms with van der Waals surface area (Å²) in [6.07, 6.45) is 4.57. The minimum Gasteiger partial charge on any atom is -0.350 e.